The summed E-state index contributed by atoms with van der Waals surface area (Å²) in [6, 6.07) is 0. The zero-order chi connectivity index (χ0) is 16.4. The Morgan fingerprint density at radius 3 is 2.48 bits per heavy atom. The fourth-order valence-corrected chi connectivity index (χ4v) is 4.71. The third kappa shape index (κ3) is 4.20. The van der Waals surface area contributed by atoms with E-state index in [-0.39, 0.29) is 6.09 Å². The van der Waals surface area contributed by atoms with Crippen molar-refractivity contribution in [2.24, 2.45) is 17.8 Å². The summed E-state index contributed by atoms with van der Waals surface area (Å²) in [7, 11) is 0. The first-order valence-electron chi connectivity index (χ1n) is 9.53. The minimum Gasteiger partial charge on any atom is -0.444 e. The molecule has 4 unspecified atom stereocenters. The lowest BCUT2D eigenvalue weighted by molar-refractivity contribution is -0.00517. The summed E-state index contributed by atoms with van der Waals surface area (Å²) in [6.07, 6.45) is 9.19. The van der Waals surface area contributed by atoms with Gasteiger partial charge in [0.25, 0.3) is 0 Å². The molecule has 132 valence electrons. The van der Waals surface area contributed by atoms with E-state index in [1.807, 2.05) is 25.7 Å². The Bertz CT molecular complexity index is 415. The number of likely N-dealkylation sites (tertiary alicyclic amines) is 1. The minimum absolute atomic E-state index is 0.131. The first-order valence-corrected chi connectivity index (χ1v) is 9.53. The van der Waals surface area contributed by atoms with Crippen LogP contribution in [-0.4, -0.2) is 42.4 Å². The van der Waals surface area contributed by atoms with E-state index in [9.17, 15) is 4.79 Å². The molecule has 3 fully saturated rings. The summed E-state index contributed by atoms with van der Waals surface area (Å²) in [6.45, 7) is 8.41. The molecule has 4 heteroatoms. The van der Waals surface area contributed by atoms with E-state index in [4.69, 9.17) is 9.47 Å². The molecule has 2 saturated heterocycles. The fourth-order valence-electron chi connectivity index (χ4n) is 4.71. The van der Waals surface area contributed by atoms with Crippen LogP contribution in [0.4, 0.5) is 4.79 Å². The number of hydrogen-bond donors (Lipinski definition) is 0. The van der Waals surface area contributed by atoms with E-state index in [0.717, 1.165) is 26.1 Å². The van der Waals surface area contributed by atoms with Gasteiger partial charge in [-0.05, 0) is 57.8 Å². The molecule has 4 nitrogen and oxygen atoms in total. The zero-order valence-electron chi connectivity index (χ0n) is 15.1. The summed E-state index contributed by atoms with van der Waals surface area (Å²) in [4.78, 5) is 14.4. The normalized spacial score (nSPS) is 35.5. The quantitative estimate of drug-likeness (QED) is 0.669. The Labute approximate surface area is 140 Å². The van der Waals surface area contributed by atoms with Crippen molar-refractivity contribution >= 4 is 6.09 Å². The number of carbonyl (C=O) groups excluding carboxylic acids is 1. The molecule has 0 bridgehead atoms. The van der Waals surface area contributed by atoms with Gasteiger partial charge in [0.1, 0.15) is 5.60 Å². The topological polar surface area (TPSA) is 38.8 Å². The van der Waals surface area contributed by atoms with Crippen LogP contribution >= 0.6 is 0 Å². The van der Waals surface area contributed by atoms with Crippen LogP contribution in [0.25, 0.3) is 0 Å². The molecular formula is C19H33NO3. The Balaban J connectivity index is 1.68. The molecule has 0 spiro atoms. The van der Waals surface area contributed by atoms with Crippen molar-refractivity contribution in [2.75, 3.05) is 19.7 Å². The molecule has 23 heavy (non-hydrogen) atoms. The van der Waals surface area contributed by atoms with Crippen molar-refractivity contribution in [3.8, 4) is 0 Å². The molecule has 4 atom stereocenters. The average Bonchev–Trinajstić information content (AvgIpc) is 2.77. The van der Waals surface area contributed by atoms with Crippen molar-refractivity contribution in [3.05, 3.63) is 0 Å². The van der Waals surface area contributed by atoms with Gasteiger partial charge in [0, 0.05) is 19.7 Å². The summed E-state index contributed by atoms with van der Waals surface area (Å²) in [5.41, 5.74) is -0.409. The summed E-state index contributed by atoms with van der Waals surface area (Å²) >= 11 is 0. The van der Waals surface area contributed by atoms with Crippen LogP contribution in [0, 0.1) is 17.8 Å². The first kappa shape index (κ1) is 17.1. The molecule has 0 aromatic rings. The van der Waals surface area contributed by atoms with Gasteiger partial charge in [-0.15, -0.1) is 0 Å². The molecule has 0 radical (unpaired) electrons. The summed E-state index contributed by atoms with van der Waals surface area (Å²) < 4.78 is 11.8. The highest BCUT2D eigenvalue weighted by Crippen LogP contribution is 2.42. The first-order chi connectivity index (χ1) is 10.9. The van der Waals surface area contributed by atoms with E-state index in [2.05, 4.69) is 0 Å². The second kappa shape index (κ2) is 7.00. The van der Waals surface area contributed by atoms with Crippen LogP contribution < -0.4 is 0 Å². The van der Waals surface area contributed by atoms with Crippen LogP contribution in [0.2, 0.25) is 0 Å². The molecule has 1 amide bonds. The lowest BCUT2D eigenvalue weighted by Crippen LogP contribution is -2.37. The number of fused-ring (bicyclic) bond motifs is 3. The summed E-state index contributed by atoms with van der Waals surface area (Å²) in [5.74, 6) is 1.83. The van der Waals surface area contributed by atoms with E-state index in [0.29, 0.717) is 23.9 Å². The van der Waals surface area contributed by atoms with E-state index in [1.54, 1.807) is 0 Å². The van der Waals surface area contributed by atoms with Crippen LogP contribution in [-0.2, 0) is 9.47 Å². The fraction of sp³-hybridized carbons (Fsp3) is 0.947. The molecule has 0 aromatic heterocycles. The molecule has 0 N–H and O–H groups in total. The van der Waals surface area contributed by atoms with Crippen LogP contribution in [0.15, 0.2) is 0 Å². The highest BCUT2D eigenvalue weighted by Gasteiger charge is 2.45. The van der Waals surface area contributed by atoms with E-state index >= 15 is 0 Å². The molecule has 3 aliphatic rings. The molecule has 2 heterocycles. The van der Waals surface area contributed by atoms with Crippen LogP contribution in [0.1, 0.15) is 65.7 Å². The number of hydrogen-bond acceptors (Lipinski definition) is 3. The third-order valence-electron chi connectivity index (χ3n) is 5.77. The maximum atomic E-state index is 12.4. The minimum atomic E-state index is -0.409. The average molecular weight is 323 g/mol. The third-order valence-corrected chi connectivity index (χ3v) is 5.77. The van der Waals surface area contributed by atoms with Gasteiger partial charge in [-0.2, -0.15) is 0 Å². The van der Waals surface area contributed by atoms with Crippen molar-refractivity contribution in [1.29, 1.82) is 0 Å². The van der Waals surface area contributed by atoms with Gasteiger partial charge in [0.05, 0.1) is 6.10 Å². The van der Waals surface area contributed by atoms with Crippen LogP contribution in [0.3, 0.4) is 0 Å². The van der Waals surface area contributed by atoms with Crippen molar-refractivity contribution in [1.82, 2.24) is 4.90 Å². The number of nitrogens with zero attached hydrogens (tertiary/aromatic N) is 1. The Kier molecular flexibility index (Phi) is 5.19. The Hall–Kier alpha value is -0.770. The van der Waals surface area contributed by atoms with Gasteiger partial charge in [-0.1, -0.05) is 25.7 Å². The predicted octanol–water partition coefficient (Wildman–Crippen LogP) is 4.23. The smallest absolute Gasteiger partial charge is 0.410 e. The molecule has 1 aliphatic carbocycles. The Morgan fingerprint density at radius 1 is 1.00 bits per heavy atom. The Morgan fingerprint density at radius 2 is 1.74 bits per heavy atom. The highest BCUT2D eigenvalue weighted by atomic mass is 16.6. The maximum absolute atomic E-state index is 12.4. The van der Waals surface area contributed by atoms with Gasteiger partial charge in [0.2, 0.25) is 0 Å². The second-order valence-electron chi connectivity index (χ2n) is 8.66. The van der Waals surface area contributed by atoms with E-state index < -0.39 is 5.60 Å². The molecule has 2 aliphatic heterocycles. The molecule has 3 rings (SSSR count). The van der Waals surface area contributed by atoms with Gasteiger partial charge in [-0.25, -0.2) is 4.79 Å². The van der Waals surface area contributed by atoms with Gasteiger partial charge >= 0.3 is 6.09 Å². The van der Waals surface area contributed by atoms with Crippen LogP contribution in [0.5, 0.6) is 0 Å². The SMILES string of the molecule is CC(C)(C)OC(=O)N1CC2CCOC3CCCCCCC3C2C1. The van der Waals surface area contributed by atoms with Gasteiger partial charge in [0.15, 0.2) is 0 Å². The highest BCUT2D eigenvalue weighted by molar-refractivity contribution is 5.68. The standard InChI is InChI=1S/C19H33NO3/c1-19(2,3)23-18(21)20-12-14-10-11-22-17-9-7-5-4-6-8-15(17)16(14)13-20/h14-17H,4-13H2,1-3H3. The number of rotatable bonds is 0. The molecule has 0 aromatic carbocycles. The summed E-state index contributed by atoms with van der Waals surface area (Å²) in [5, 5.41) is 0. The lowest BCUT2D eigenvalue weighted by atomic mass is 9.75. The second-order valence-corrected chi connectivity index (χ2v) is 8.66. The zero-order valence-corrected chi connectivity index (χ0v) is 15.1. The number of carbonyl (C=O) groups is 1. The molecule has 1 saturated carbocycles. The maximum Gasteiger partial charge on any atom is 0.410 e. The van der Waals surface area contributed by atoms with Crippen molar-refractivity contribution in [3.63, 3.8) is 0 Å². The van der Waals surface area contributed by atoms with Crippen molar-refractivity contribution < 1.29 is 14.3 Å². The largest absolute Gasteiger partial charge is 0.444 e. The monoisotopic (exact) mass is 323 g/mol. The van der Waals surface area contributed by atoms with Gasteiger partial charge < -0.3 is 14.4 Å². The predicted molar refractivity (Wildman–Crippen MR) is 90.3 cm³/mol. The number of ether oxygens (including phenoxy) is 2. The van der Waals surface area contributed by atoms with Crippen molar-refractivity contribution in [2.45, 2.75) is 77.4 Å². The van der Waals surface area contributed by atoms with E-state index in [1.165, 1.54) is 38.5 Å². The molecular weight excluding hydrogens is 290 g/mol. The lowest BCUT2D eigenvalue weighted by Gasteiger charge is -2.33. The number of amides is 1. The van der Waals surface area contributed by atoms with Gasteiger partial charge in [-0.3, -0.25) is 0 Å².